The van der Waals surface area contributed by atoms with Gasteiger partial charge in [-0.15, -0.1) is 0 Å². The molecule has 0 saturated heterocycles. The van der Waals surface area contributed by atoms with Gasteiger partial charge in [0.05, 0.1) is 16.8 Å². The molecule has 0 radical (unpaired) electrons. The Kier molecular flexibility index (Phi) is 6.10. The van der Waals surface area contributed by atoms with Crippen molar-refractivity contribution in [2.45, 2.75) is 20.4 Å². The summed E-state index contributed by atoms with van der Waals surface area (Å²) in [6, 6.07) is 22.9. The smallest absolute Gasteiger partial charge is 0.260 e. The van der Waals surface area contributed by atoms with Gasteiger partial charge in [0.15, 0.2) is 5.13 Å². The largest absolute Gasteiger partial charge is 0.457 e. The highest BCUT2D eigenvalue weighted by molar-refractivity contribution is 7.22. The minimum Gasteiger partial charge on any atom is -0.457 e. The van der Waals surface area contributed by atoms with Gasteiger partial charge in [-0.05, 0) is 67.4 Å². The molecule has 5 rings (SSSR count). The maximum atomic E-state index is 13.7. The minimum absolute atomic E-state index is 0.126. The summed E-state index contributed by atoms with van der Waals surface area (Å²) in [5.74, 6) is 1.21. The van der Waals surface area contributed by atoms with E-state index in [0.717, 1.165) is 21.5 Å². The molecule has 7 heteroatoms. The fourth-order valence-corrected chi connectivity index (χ4v) is 5.03. The molecule has 0 atom stereocenters. The standard InChI is InChI=1S/C27H24N4O2S/c1-19-16-20(2)25-24(17-19)34-27(29-25)31(15-14-30-13-7-12-28-30)26(32)21-8-6-11-23(18-21)33-22-9-4-3-5-10-22/h3-13,16-18H,14-15H2,1-2H3. The Balaban J connectivity index is 1.48. The minimum atomic E-state index is -0.126. The van der Waals surface area contributed by atoms with E-state index in [1.807, 2.05) is 65.5 Å². The molecule has 0 aliphatic carbocycles. The molecule has 0 saturated carbocycles. The molecule has 0 unspecified atom stereocenters. The van der Waals surface area contributed by atoms with Crippen molar-refractivity contribution in [3.63, 3.8) is 0 Å². The number of carbonyl (C=O) groups is 1. The SMILES string of the molecule is Cc1cc(C)c2nc(N(CCn3cccn3)C(=O)c3cccc(Oc4ccccc4)c3)sc2c1. The van der Waals surface area contributed by atoms with E-state index in [9.17, 15) is 4.79 Å². The number of aryl methyl sites for hydroxylation is 2. The summed E-state index contributed by atoms with van der Waals surface area (Å²) in [7, 11) is 0. The van der Waals surface area contributed by atoms with Crippen molar-refractivity contribution < 1.29 is 9.53 Å². The van der Waals surface area contributed by atoms with E-state index >= 15 is 0 Å². The summed E-state index contributed by atoms with van der Waals surface area (Å²) in [4.78, 5) is 20.3. The predicted molar refractivity (Wildman–Crippen MR) is 136 cm³/mol. The summed E-state index contributed by atoms with van der Waals surface area (Å²) < 4.78 is 8.84. The van der Waals surface area contributed by atoms with Crippen molar-refractivity contribution in [3.8, 4) is 11.5 Å². The molecule has 1 amide bonds. The van der Waals surface area contributed by atoms with Gasteiger partial charge in [-0.25, -0.2) is 4.98 Å². The molecule has 6 nitrogen and oxygen atoms in total. The number of nitrogens with zero attached hydrogens (tertiary/aromatic N) is 4. The lowest BCUT2D eigenvalue weighted by atomic mass is 10.1. The van der Waals surface area contributed by atoms with Crippen molar-refractivity contribution in [1.82, 2.24) is 14.8 Å². The number of fused-ring (bicyclic) bond motifs is 1. The summed E-state index contributed by atoms with van der Waals surface area (Å²) in [5, 5.41) is 4.96. The molecule has 0 bridgehead atoms. The first-order chi connectivity index (χ1) is 16.6. The van der Waals surface area contributed by atoms with E-state index < -0.39 is 0 Å². The maximum Gasteiger partial charge on any atom is 0.260 e. The average Bonchev–Trinajstić information content (AvgIpc) is 3.50. The van der Waals surface area contributed by atoms with Crippen LogP contribution in [-0.2, 0) is 6.54 Å². The molecule has 34 heavy (non-hydrogen) atoms. The van der Waals surface area contributed by atoms with Crippen LogP contribution >= 0.6 is 11.3 Å². The number of rotatable bonds is 7. The molecular weight excluding hydrogens is 444 g/mol. The first-order valence-corrected chi connectivity index (χ1v) is 11.9. The van der Waals surface area contributed by atoms with Crippen LogP contribution in [0.1, 0.15) is 21.5 Å². The van der Waals surface area contributed by atoms with Gasteiger partial charge in [-0.3, -0.25) is 14.4 Å². The summed E-state index contributed by atoms with van der Waals surface area (Å²) in [6.45, 7) is 5.14. The summed E-state index contributed by atoms with van der Waals surface area (Å²) in [6.07, 6.45) is 3.63. The Hall–Kier alpha value is -3.97. The molecule has 0 fully saturated rings. The van der Waals surface area contributed by atoms with Crippen molar-refractivity contribution >= 4 is 32.6 Å². The van der Waals surface area contributed by atoms with E-state index in [1.54, 1.807) is 17.2 Å². The lowest BCUT2D eigenvalue weighted by Gasteiger charge is -2.20. The van der Waals surface area contributed by atoms with Crippen LogP contribution in [0, 0.1) is 13.8 Å². The Morgan fingerprint density at radius 3 is 2.62 bits per heavy atom. The quantitative estimate of drug-likeness (QED) is 0.283. The van der Waals surface area contributed by atoms with Gasteiger partial charge < -0.3 is 4.74 Å². The van der Waals surface area contributed by atoms with Crippen LogP contribution in [0.25, 0.3) is 10.2 Å². The molecule has 0 N–H and O–H groups in total. The zero-order valence-corrected chi connectivity index (χ0v) is 19.8. The number of hydrogen-bond acceptors (Lipinski definition) is 5. The van der Waals surface area contributed by atoms with E-state index in [-0.39, 0.29) is 5.91 Å². The van der Waals surface area contributed by atoms with Crippen LogP contribution in [0.5, 0.6) is 11.5 Å². The molecule has 3 aromatic carbocycles. The maximum absolute atomic E-state index is 13.7. The molecule has 0 aliphatic heterocycles. The average molecular weight is 469 g/mol. The van der Waals surface area contributed by atoms with E-state index in [0.29, 0.717) is 29.5 Å². The highest BCUT2D eigenvalue weighted by Crippen LogP contribution is 2.33. The Bertz CT molecular complexity index is 1430. The number of aromatic nitrogens is 3. The molecule has 0 aliphatic rings. The molecule has 0 spiro atoms. The zero-order chi connectivity index (χ0) is 23.5. The number of amides is 1. The first-order valence-electron chi connectivity index (χ1n) is 11.1. The van der Waals surface area contributed by atoms with E-state index in [1.165, 1.54) is 16.9 Å². The second kappa shape index (κ2) is 9.49. The van der Waals surface area contributed by atoms with Crippen LogP contribution in [0.3, 0.4) is 0 Å². The van der Waals surface area contributed by atoms with Gasteiger partial charge in [0.25, 0.3) is 5.91 Å². The Morgan fingerprint density at radius 1 is 1.00 bits per heavy atom. The molecule has 5 aromatic rings. The fourth-order valence-electron chi connectivity index (χ4n) is 3.87. The molecule has 2 aromatic heterocycles. The van der Waals surface area contributed by atoms with Crippen molar-refractivity contribution in [2.24, 2.45) is 0 Å². The third kappa shape index (κ3) is 4.70. The number of ether oxygens (including phenoxy) is 1. The van der Waals surface area contributed by atoms with Gasteiger partial charge in [0.2, 0.25) is 0 Å². The number of hydrogen-bond donors (Lipinski definition) is 0. The zero-order valence-electron chi connectivity index (χ0n) is 19.0. The van der Waals surface area contributed by atoms with Gasteiger partial charge in [-0.2, -0.15) is 5.10 Å². The Labute approximate surface area is 202 Å². The summed E-state index contributed by atoms with van der Waals surface area (Å²) >= 11 is 1.53. The van der Waals surface area contributed by atoms with Crippen LogP contribution in [-0.4, -0.2) is 27.2 Å². The van der Waals surface area contributed by atoms with Gasteiger partial charge in [-0.1, -0.05) is 41.7 Å². The van der Waals surface area contributed by atoms with Crippen LogP contribution in [0.15, 0.2) is 85.2 Å². The van der Waals surface area contributed by atoms with Crippen molar-refractivity contribution in [1.29, 1.82) is 0 Å². The third-order valence-electron chi connectivity index (χ3n) is 5.47. The van der Waals surface area contributed by atoms with E-state index in [2.05, 4.69) is 31.1 Å². The van der Waals surface area contributed by atoms with Gasteiger partial charge in [0.1, 0.15) is 11.5 Å². The predicted octanol–water partition coefficient (Wildman–Crippen LogP) is 6.25. The van der Waals surface area contributed by atoms with Crippen molar-refractivity contribution in [3.05, 3.63) is 102 Å². The molecular formula is C27H24N4O2S. The normalized spacial score (nSPS) is 11.0. The van der Waals surface area contributed by atoms with Crippen LogP contribution in [0.2, 0.25) is 0 Å². The summed E-state index contributed by atoms with van der Waals surface area (Å²) in [5.41, 5.74) is 3.76. The first kappa shape index (κ1) is 21.9. The third-order valence-corrected chi connectivity index (χ3v) is 6.49. The number of benzene rings is 3. The number of carbonyl (C=O) groups excluding carboxylic acids is 1. The monoisotopic (exact) mass is 468 g/mol. The van der Waals surface area contributed by atoms with Gasteiger partial charge in [0, 0.05) is 24.5 Å². The van der Waals surface area contributed by atoms with Crippen LogP contribution < -0.4 is 9.64 Å². The van der Waals surface area contributed by atoms with Crippen LogP contribution in [0.4, 0.5) is 5.13 Å². The second-order valence-corrected chi connectivity index (χ2v) is 9.10. The van der Waals surface area contributed by atoms with Crippen molar-refractivity contribution in [2.75, 3.05) is 11.4 Å². The van der Waals surface area contributed by atoms with Gasteiger partial charge >= 0.3 is 0 Å². The highest BCUT2D eigenvalue weighted by atomic mass is 32.1. The lowest BCUT2D eigenvalue weighted by molar-refractivity contribution is 0.0985. The fraction of sp³-hybridized carbons (Fsp3) is 0.148. The second-order valence-electron chi connectivity index (χ2n) is 8.09. The highest BCUT2D eigenvalue weighted by Gasteiger charge is 2.22. The number of thiazole rings is 1. The number of anilines is 1. The number of para-hydroxylation sites is 1. The molecule has 170 valence electrons. The Morgan fingerprint density at radius 2 is 1.82 bits per heavy atom. The topological polar surface area (TPSA) is 60.2 Å². The molecule has 2 heterocycles. The van der Waals surface area contributed by atoms with E-state index in [4.69, 9.17) is 9.72 Å². The lowest BCUT2D eigenvalue weighted by Crippen LogP contribution is -2.34.